The normalized spacial score (nSPS) is 31.9. The zero-order valence-electron chi connectivity index (χ0n) is 22.8. The zero-order chi connectivity index (χ0) is 28.2. The van der Waals surface area contributed by atoms with Crippen LogP contribution in [0.2, 0.25) is 0 Å². The molecule has 4 aliphatic heterocycles. The van der Waals surface area contributed by atoms with E-state index in [1.807, 2.05) is 73.7 Å². The highest BCUT2D eigenvalue weighted by Crippen LogP contribution is 2.66. The Bertz CT molecular complexity index is 1400. The fraction of sp³-hybridized carbons (Fsp3) is 0.387. The third-order valence-corrected chi connectivity index (χ3v) is 10.5. The van der Waals surface area contributed by atoms with Crippen molar-refractivity contribution in [2.24, 2.45) is 11.8 Å². The first kappa shape index (κ1) is 26.7. The molecule has 2 aromatic carbocycles. The van der Waals surface area contributed by atoms with Gasteiger partial charge in [0, 0.05) is 29.2 Å². The minimum Gasteiger partial charge on any atom is -0.497 e. The van der Waals surface area contributed by atoms with Crippen molar-refractivity contribution in [3.8, 4) is 5.75 Å². The molecule has 1 N–H and O–H groups in total. The highest BCUT2D eigenvalue weighted by Gasteiger charge is 2.74. The van der Waals surface area contributed by atoms with Crippen LogP contribution in [0.1, 0.15) is 13.8 Å². The quantitative estimate of drug-likeness (QED) is 0.566. The highest BCUT2D eigenvalue weighted by molar-refractivity contribution is 8.02. The van der Waals surface area contributed by atoms with E-state index in [1.54, 1.807) is 40.9 Å². The largest absolute Gasteiger partial charge is 0.497 e. The first-order valence-corrected chi connectivity index (χ1v) is 14.4. The molecule has 0 bridgehead atoms. The molecular weight excluding hydrogens is 526 g/mol. The van der Waals surface area contributed by atoms with Gasteiger partial charge in [-0.05, 0) is 50.2 Å². The number of anilines is 2. The fourth-order valence-corrected chi connectivity index (χ4v) is 9.00. The van der Waals surface area contributed by atoms with Crippen molar-refractivity contribution < 1.29 is 24.2 Å². The summed E-state index contributed by atoms with van der Waals surface area (Å²) in [4.78, 5) is 48.2. The Labute approximate surface area is 238 Å². The summed E-state index contributed by atoms with van der Waals surface area (Å²) in [6.07, 6.45) is 7.98. The van der Waals surface area contributed by atoms with Crippen molar-refractivity contribution in [2.75, 3.05) is 36.6 Å². The number of fused-ring (bicyclic) bond motifs is 2. The van der Waals surface area contributed by atoms with Gasteiger partial charge in [-0.25, -0.2) is 0 Å². The SMILES string of the molecule is COc1ccc(N2CC=C[C@]34S[C@]5(C)C=CCN(c6ccccc6)C(=O)[C@@H]5[C@H]3C(=O)N([C@H](C)CO)C4C2=O)cc1. The van der Waals surface area contributed by atoms with Crippen molar-refractivity contribution in [3.63, 3.8) is 0 Å². The maximum absolute atomic E-state index is 14.5. The van der Waals surface area contributed by atoms with E-state index in [0.29, 0.717) is 24.5 Å². The van der Waals surface area contributed by atoms with Gasteiger partial charge in [0.2, 0.25) is 11.8 Å². The van der Waals surface area contributed by atoms with E-state index in [-0.39, 0.29) is 24.3 Å². The molecule has 4 aliphatic rings. The van der Waals surface area contributed by atoms with Crippen molar-refractivity contribution in [3.05, 3.63) is 78.9 Å². The summed E-state index contributed by atoms with van der Waals surface area (Å²) in [6, 6.07) is 15.3. The number of likely N-dealkylation sites (tertiary alicyclic amines) is 1. The summed E-state index contributed by atoms with van der Waals surface area (Å²) < 4.78 is 3.62. The average Bonchev–Trinajstić information content (AvgIpc) is 3.24. The Morgan fingerprint density at radius 2 is 1.52 bits per heavy atom. The summed E-state index contributed by atoms with van der Waals surface area (Å²) in [7, 11) is 1.59. The molecule has 6 rings (SSSR count). The number of ether oxygens (including phenoxy) is 1. The van der Waals surface area contributed by atoms with Crippen LogP contribution in [0, 0.1) is 11.8 Å². The summed E-state index contributed by atoms with van der Waals surface area (Å²) >= 11 is 1.54. The number of carbonyl (C=O) groups is 3. The van der Waals surface area contributed by atoms with Gasteiger partial charge in [0.25, 0.3) is 5.91 Å². The van der Waals surface area contributed by atoms with Gasteiger partial charge in [-0.3, -0.25) is 14.4 Å². The lowest BCUT2D eigenvalue weighted by molar-refractivity contribution is -0.141. The second-order valence-corrected chi connectivity index (χ2v) is 12.8. The number of methoxy groups -OCH3 is 1. The average molecular weight is 560 g/mol. The van der Waals surface area contributed by atoms with Gasteiger partial charge in [0.05, 0.1) is 36.3 Å². The zero-order valence-corrected chi connectivity index (χ0v) is 23.6. The van der Waals surface area contributed by atoms with E-state index < -0.39 is 33.4 Å². The Kier molecular flexibility index (Phi) is 6.54. The fourth-order valence-electron chi connectivity index (χ4n) is 6.86. The van der Waals surface area contributed by atoms with E-state index in [9.17, 15) is 19.5 Å². The van der Waals surface area contributed by atoms with Crippen LogP contribution in [0.25, 0.3) is 0 Å². The van der Waals surface area contributed by atoms with Gasteiger partial charge >= 0.3 is 0 Å². The third kappa shape index (κ3) is 3.82. The molecule has 2 fully saturated rings. The number of nitrogens with zero attached hydrogens (tertiary/aromatic N) is 3. The molecule has 0 saturated carbocycles. The van der Waals surface area contributed by atoms with Gasteiger partial charge in [0.1, 0.15) is 11.8 Å². The molecule has 2 aromatic rings. The Morgan fingerprint density at radius 3 is 2.17 bits per heavy atom. The van der Waals surface area contributed by atoms with Crippen LogP contribution < -0.4 is 14.5 Å². The number of hydrogen-bond acceptors (Lipinski definition) is 6. The summed E-state index contributed by atoms with van der Waals surface area (Å²) in [5.41, 5.74) is 1.46. The standard InChI is InChI=1S/C31H33N3O5S/c1-20(19-35)34-26-29(38)33(22-11-13-23(39-3)14-12-22)18-8-16-31(26)25(28(34)37)24-27(36)32(21-9-5-4-6-10-21)17-7-15-30(24,2)40-31/h4-16,20,24-26,35H,17-19H2,1-3H3/t20-,24+,25+,26?,30-,31+/m1/s1. The van der Waals surface area contributed by atoms with E-state index in [1.165, 1.54) is 11.8 Å². The molecule has 3 amide bonds. The second-order valence-electron chi connectivity index (χ2n) is 11.0. The number of rotatable bonds is 5. The number of aliphatic hydroxyl groups is 1. The molecule has 0 aliphatic carbocycles. The lowest BCUT2D eigenvalue weighted by atomic mass is 9.74. The molecule has 208 valence electrons. The number of para-hydroxylation sites is 1. The van der Waals surface area contributed by atoms with E-state index >= 15 is 0 Å². The molecule has 8 nitrogen and oxygen atoms in total. The van der Waals surface area contributed by atoms with E-state index in [2.05, 4.69) is 0 Å². The van der Waals surface area contributed by atoms with Crippen LogP contribution in [0.15, 0.2) is 78.9 Å². The molecule has 0 aromatic heterocycles. The molecule has 9 heteroatoms. The number of thioether (sulfide) groups is 1. The van der Waals surface area contributed by atoms with Crippen LogP contribution in [-0.4, -0.2) is 76.1 Å². The monoisotopic (exact) mass is 559 g/mol. The molecule has 40 heavy (non-hydrogen) atoms. The van der Waals surface area contributed by atoms with Crippen LogP contribution in [-0.2, 0) is 14.4 Å². The lowest BCUT2D eigenvalue weighted by Crippen LogP contribution is -2.56. The topological polar surface area (TPSA) is 90.4 Å². The summed E-state index contributed by atoms with van der Waals surface area (Å²) in [5, 5.41) is 10.2. The lowest BCUT2D eigenvalue weighted by Gasteiger charge is -2.38. The third-order valence-electron chi connectivity index (χ3n) is 8.69. The number of benzene rings is 2. The van der Waals surface area contributed by atoms with Crippen LogP contribution in [0.5, 0.6) is 5.75 Å². The minimum absolute atomic E-state index is 0.129. The molecule has 2 saturated heterocycles. The van der Waals surface area contributed by atoms with E-state index in [4.69, 9.17) is 4.74 Å². The Morgan fingerprint density at radius 1 is 0.900 bits per heavy atom. The van der Waals surface area contributed by atoms with Gasteiger partial charge < -0.3 is 24.5 Å². The summed E-state index contributed by atoms with van der Waals surface area (Å²) in [6.45, 7) is 4.20. The Hall–Kier alpha value is -3.56. The number of carbonyl (C=O) groups excluding carboxylic acids is 3. The molecule has 6 atom stereocenters. The molecule has 1 spiro atoms. The van der Waals surface area contributed by atoms with Gasteiger partial charge in [-0.15, -0.1) is 11.8 Å². The van der Waals surface area contributed by atoms with Crippen molar-refractivity contribution >= 4 is 40.9 Å². The van der Waals surface area contributed by atoms with Crippen molar-refractivity contribution in [1.29, 1.82) is 0 Å². The molecular formula is C31H33N3O5S. The van der Waals surface area contributed by atoms with Gasteiger partial charge in [-0.1, -0.05) is 42.5 Å². The summed E-state index contributed by atoms with van der Waals surface area (Å²) in [5.74, 6) is -1.39. The van der Waals surface area contributed by atoms with Crippen molar-refractivity contribution in [2.45, 2.75) is 35.4 Å². The van der Waals surface area contributed by atoms with Crippen LogP contribution in [0.4, 0.5) is 11.4 Å². The smallest absolute Gasteiger partial charge is 0.251 e. The predicted octanol–water partition coefficient (Wildman–Crippen LogP) is 3.27. The highest BCUT2D eigenvalue weighted by atomic mass is 32.2. The number of aliphatic hydroxyl groups excluding tert-OH is 1. The van der Waals surface area contributed by atoms with Crippen LogP contribution >= 0.6 is 11.8 Å². The van der Waals surface area contributed by atoms with Crippen molar-refractivity contribution in [1.82, 2.24) is 4.90 Å². The maximum atomic E-state index is 14.5. The van der Waals surface area contributed by atoms with Gasteiger partial charge in [-0.2, -0.15) is 0 Å². The Balaban J connectivity index is 1.47. The molecule has 0 radical (unpaired) electrons. The van der Waals surface area contributed by atoms with Gasteiger partial charge in [0.15, 0.2) is 0 Å². The maximum Gasteiger partial charge on any atom is 0.251 e. The second kappa shape index (κ2) is 9.82. The molecule has 4 heterocycles. The minimum atomic E-state index is -0.974. The van der Waals surface area contributed by atoms with Crippen LogP contribution in [0.3, 0.4) is 0 Å². The number of amides is 3. The number of hydrogen-bond donors (Lipinski definition) is 1. The van der Waals surface area contributed by atoms with E-state index in [0.717, 1.165) is 5.69 Å². The first-order valence-electron chi connectivity index (χ1n) is 13.6. The predicted molar refractivity (Wildman–Crippen MR) is 155 cm³/mol. The molecule has 1 unspecified atom stereocenters. The first-order chi connectivity index (χ1) is 19.3.